The maximum Gasteiger partial charge on any atom is 0.0483 e. The fraction of sp³-hybridized carbons (Fsp3) is 0.722. The molecule has 0 amide bonds. The van der Waals surface area contributed by atoms with Crippen molar-refractivity contribution in [2.75, 3.05) is 0 Å². The van der Waals surface area contributed by atoms with E-state index in [2.05, 4.69) is 38.1 Å². The summed E-state index contributed by atoms with van der Waals surface area (Å²) in [5, 5.41) is 24.2. The molecule has 0 heterocycles. The molecule has 1 unspecified atom stereocenters. The van der Waals surface area contributed by atoms with Crippen molar-refractivity contribution in [2.45, 2.75) is 86.0 Å². The van der Waals surface area contributed by atoms with Gasteiger partial charge in [0.05, 0.1) is 0 Å². The monoisotopic (exact) mass is 349 g/mol. The summed E-state index contributed by atoms with van der Waals surface area (Å²) in [6, 6.07) is 8.57. The van der Waals surface area contributed by atoms with Crippen molar-refractivity contribution in [2.24, 2.45) is 0 Å². The molecule has 0 aliphatic rings. The van der Waals surface area contributed by atoms with Crippen LogP contribution in [0.2, 0.25) is 0 Å². The van der Waals surface area contributed by atoms with Gasteiger partial charge in [0.2, 0.25) is 0 Å². The van der Waals surface area contributed by atoms with Gasteiger partial charge in [0.15, 0.2) is 0 Å². The summed E-state index contributed by atoms with van der Waals surface area (Å²) in [5.74, 6) is 0.736. The number of rotatable bonds is 2. The molecule has 1 aromatic rings. The van der Waals surface area contributed by atoms with Gasteiger partial charge < -0.3 is 15.3 Å². The molecule has 0 fully saturated rings. The van der Waals surface area contributed by atoms with E-state index in [9.17, 15) is 0 Å². The normalized spacial score (nSPS) is 10.5. The summed E-state index contributed by atoms with van der Waals surface area (Å²) >= 11 is 0. The predicted molar refractivity (Wildman–Crippen MR) is 92.8 cm³/mol. The summed E-state index contributed by atoms with van der Waals surface area (Å²) in [6.45, 7) is 14.8. The minimum atomic E-state index is -0.167. The van der Waals surface area contributed by atoms with E-state index < -0.39 is 0 Å². The van der Waals surface area contributed by atoms with Crippen LogP contribution >= 0.6 is 0 Å². The molecule has 1 rings (SSSR count). The Labute approximate surface area is 153 Å². The van der Waals surface area contributed by atoms with Gasteiger partial charge in [0.25, 0.3) is 0 Å². The molecule has 0 aliphatic carbocycles. The fourth-order valence-electron chi connectivity index (χ4n) is 0.953. The van der Waals surface area contributed by atoms with Crippen molar-refractivity contribution in [3.63, 3.8) is 0 Å². The van der Waals surface area contributed by atoms with Gasteiger partial charge in [0, 0.05) is 40.0 Å². The van der Waals surface area contributed by atoms with Crippen LogP contribution in [0.4, 0.5) is 0 Å². The van der Waals surface area contributed by atoms with Gasteiger partial charge in [-0.25, -0.2) is 12.1 Å². The van der Waals surface area contributed by atoms with Gasteiger partial charge >= 0.3 is 0 Å². The van der Waals surface area contributed by atoms with Gasteiger partial charge in [-0.3, -0.25) is 0 Å². The van der Waals surface area contributed by atoms with E-state index in [1.54, 1.807) is 41.5 Å². The maximum absolute atomic E-state index is 8.06. The Hall–Kier alpha value is -0.0557. The van der Waals surface area contributed by atoms with Crippen LogP contribution in [-0.4, -0.2) is 33.6 Å². The first-order chi connectivity index (χ1) is 9.54. The number of aliphatic hydroxyl groups excluding tert-OH is 3. The third kappa shape index (κ3) is 42.7. The SMILES string of the molecule is CC(C)O.CC(C)O.CC(C)O.CCC(C)[c-]1cccc1.[Ti]. The first-order valence-corrected chi connectivity index (χ1v) is 7.80. The minimum Gasteiger partial charge on any atom is -0.394 e. The predicted octanol–water partition coefficient (Wildman–Crippen LogP) is 4.08. The van der Waals surface area contributed by atoms with Crippen LogP contribution < -0.4 is 0 Å². The molecule has 0 spiro atoms. The molecule has 0 aromatic heterocycles. The number of aliphatic hydroxyl groups is 3. The zero-order chi connectivity index (χ0) is 17.4. The topological polar surface area (TPSA) is 60.7 Å². The molecule has 0 radical (unpaired) electrons. The molecule has 3 N–H and O–H groups in total. The van der Waals surface area contributed by atoms with E-state index in [4.69, 9.17) is 15.3 Å². The standard InChI is InChI=1S/C9H13.3C3H8O.Ti/c1-3-8(2)9-6-4-5-7-9;3*1-3(2)4;/h4-8H,3H2,1-2H3;3*3-4H,1-2H3;/q-1;;;;. The average Bonchev–Trinajstić information content (AvgIpc) is 2.79. The van der Waals surface area contributed by atoms with Crippen molar-refractivity contribution < 1.29 is 37.0 Å². The smallest absolute Gasteiger partial charge is 0.0483 e. The summed E-state index contributed by atoms with van der Waals surface area (Å²) in [7, 11) is 0. The summed E-state index contributed by atoms with van der Waals surface area (Å²) in [4.78, 5) is 0. The Balaban J connectivity index is -0.000000107. The maximum atomic E-state index is 8.06. The molecular formula is C18H37O3Ti-. The van der Waals surface area contributed by atoms with Crippen LogP contribution in [0.3, 0.4) is 0 Å². The molecule has 4 heteroatoms. The van der Waals surface area contributed by atoms with Crippen molar-refractivity contribution in [3.8, 4) is 0 Å². The summed E-state index contributed by atoms with van der Waals surface area (Å²) in [5.41, 5.74) is 1.47. The third-order valence-electron chi connectivity index (χ3n) is 1.87. The molecule has 1 aromatic carbocycles. The van der Waals surface area contributed by atoms with Crippen molar-refractivity contribution in [3.05, 3.63) is 29.8 Å². The van der Waals surface area contributed by atoms with Crippen LogP contribution in [0.25, 0.3) is 0 Å². The van der Waals surface area contributed by atoms with Gasteiger partial charge in [-0.2, -0.15) is 17.7 Å². The first-order valence-electron chi connectivity index (χ1n) is 7.80. The summed E-state index contributed by atoms with van der Waals surface area (Å²) in [6.07, 6.45) is 0.740. The Morgan fingerprint density at radius 1 is 0.727 bits per heavy atom. The average molecular weight is 349 g/mol. The zero-order valence-electron chi connectivity index (χ0n) is 15.7. The van der Waals surface area contributed by atoms with Crippen LogP contribution in [0.5, 0.6) is 0 Å². The third-order valence-corrected chi connectivity index (χ3v) is 1.87. The molecule has 132 valence electrons. The second-order valence-corrected chi connectivity index (χ2v) is 5.81. The van der Waals surface area contributed by atoms with E-state index >= 15 is 0 Å². The number of hydrogen-bond acceptors (Lipinski definition) is 3. The van der Waals surface area contributed by atoms with Crippen LogP contribution in [-0.2, 0) is 21.7 Å². The van der Waals surface area contributed by atoms with Gasteiger partial charge in [-0.1, -0.05) is 26.2 Å². The molecule has 0 bridgehead atoms. The quantitative estimate of drug-likeness (QED) is 0.557. The number of hydrogen-bond donors (Lipinski definition) is 3. The molecular weight excluding hydrogens is 312 g/mol. The van der Waals surface area contributed by atoms with Crippen molar-refractivity contribution in [1.29, 1.82) is 0 Å². The fourth-order valence-corrected chi connectivity index (χ4v) is 0.953. The van der Waals surface area contributed by atoms with Gasteiger partial charge in [0.1, 0.15) is 0 Å². The Morgan fingerprint density at radius 2 is 0.955 bits per heavy atom. The Kier molecular flexibility index (Phi) is 28.5. The minimum absolute atomic E-state index is 0. The summed E-state index contributed by atoms with van der Waals surface area (Å²) < 4.78 is 0. The molecule has 0 aliphatic heterocycles. The van der Waals surface area contributed by atoms with Crippen LogP contribution in [0, 0.1) is 0 Å². The molecule has 22 heavy (non-hydrogen) atoms. The largest absolute Gasteiger partial charge is 0.394 e. The Bertz CT molecular complexity index is 247. The van der Waals surface area contributed by atoms with E-state index in [-0.39, 0.29) is 40.0 Å². The first kappa shape index (κ1) is 29.9. The molecule has 0 saturated carbocycles. The van der Waals surface area contributed by atoms with Crippen molar-refractivity contribution in [1.82, 2.24) is 0 Å². The molecule has 3 nitrogen and oxygen atoms in total. The second kappa shape index (κ2) is 20.9. The zero-order valence-corrected chi connectivity index (χ0v) is 17.2. The van der Waals surface area contributed by atoms with Gasteiger partial charge in [-0.05, 0) is 41.5 Å². The van der Waals surface area contributed by atoms with E-state index in [0.717, 1.165) is 5.92 Å². The van der Waals surface area contributed by atoms with Gasteiger partial charge in [-0.15, -0.1) is 0 Å². The molecule has 0 saturated heterocycles. The van der Waals surface area contributed by atoms with E-state index in [0.29, 0.717) is 0 Å². The van der Waals surface area contributed by atoms with Crippen molar-refractivity contribution >= 4 is 0 Å². The van der Waals surface area contributed by atoms with E-state index in [1.165, 1.54) is 12.0 Å². The van der Waals surface area contributed by atoms with Crippen LogP contribution in [0.15, 0.2) is 24.3 Å². The molecule has 1 atom stereocenters. The van der Waals surface area contributed by atoms with E-state index in [1.807, 2.05) is 0 Å². The second-order valence-electron chi connectivity index (χ2n) is 5.81. The Morgan fingerprint density at radius 3 is 1.14 bits per heavy atom. The van der Waals surface area contributed by atoms with Crippen LogP contribution in [0.1, 0.15) is 73.3 Å².